The minimum absolute atomic E-state index is 0.104. The van der Waals surface area contributed by atoms with Crippen LogP contribution in [0.15, 0.2) is 48.8 Å². The fourth-order valence-corrected chi connectivity index (χ4v) is 5.58. The van der Waals surface area contributed by atoms with Crippen LogP contribution < -0.4 is 10.2 Å². The second-order valence-electron chi connectivity index (χ2n) is 9.58. The average Bonchev–Trinajstić information content (AvgIpc) is 2.98. The highest BCUT2D eigenvalue weighted by molar-refractivity contribution is 5.79. The van der Waals surface area contributed by atoms with Gasteiger partial charge in [-0.3, -0.25) is 14.7 Å². The lowest BCUT2D eigenvalue weighted by molar-refractivity contribution is -0.128. The molecule has 1 amide bonds. The summed E-state index contributed by atoms with van der Waals surface area (Å²) >= 11 is 0. The van der Waals surface area contributed by atoms with Gasteiger partial charge in [0, 0.05) is 43.8 Å². The first-order valence-electron chi connectivity index (χ1n) is 12.0. The Hall–Kier alpha value is -2.40. The SMILES string of the molecule is Cc1ccncc1N1CC2CCC(C1)N2CCC(NC(=O)C1CCC1)c1ccccc1. The number of benzene rings is 1. The van der Waals surface area contributed by atoms with Gasteiger partial charge in [-0.05, 0) is 56.2 Å². The zero-order valence-corrected chi connectivity index (χ0v) is 18.5. The van der Waals surface area contributed by atoms with Gasteiger partial charge < -0.3 is 10.2 Å². The van der Waals surface area contributed by atoms with Gasteiger partial charge in [-0.15, -0.1) is 0 Å². The molecule has 3 heterocycles. The van der Waals surface area contributed by atoms with Crippen molar-refractivity contribution >= 4 is 11.6 Å². The van der Waals surface area contributed by atoms with Crippen LogP contribution in [0, 0.1) is 12.8 Å². The van der Waals surface area contributed by atoms with Crippen LogP contribution >= 0.6 is 0 Å². The number of hydrogen-bond acceptors (Lipinski definition) is 4. The van der Waals surface area contributed by atoms with Crippen molar-refractivity contribution in [3.05, 3.63) is 59.9 Å². The van der Waals surface area contributed by atoms with Gasteiger partial charge in [0.05, 0.1) is 17.9 Å². The van der Waals surface area contributed by atoms with E-state index < -0.39 is 0 Å². The Morgan fingerprint density at radius 2 is 1.84 bits per heavy atom. The minimum Gasteiger partial charge on any atom is -0.367 e. The molecule has 0 radical (unpaired) electrons. The Labute approximate surface area is 185 Å². The maximum atomic E-state index is 12.7. The number of carbonyl (C=O) groups is 1. The summed E-state index contributed by atoms with van der Waals surface area (Å²) < 4.78 is 0. The number of piperazine rings is 1. The third kappa shape index (κ3) is 4.33. The number of amides is 1. The molecular formula is C26H34N4O. The van der Waals surface area contributed by atoms with Gasteiger partial charge in [-0.2, -0.15) is 0 Å². The molecule has 1 N–H and O–H groups in total. The van der Waals surface area contributed by atoms with Gasteiger partial charge in [-0.1, -0.05) is 36.8 Å². The normalized spacial score (nSPS) is 24.6. The molecule has 2 aromatic rings. The van der Waals surface area contributed by atoms with Crippen LogP contribution in [0.25, 0.3) is 0 Å². The highest BCUT2D eigenvalue weighted by atomic mass is 16.2. The topological polar surface area (TPSA) is 48.5 Å². The summed E-state index contributed by atoms with van der Waals surface area (Å²) in [6.45, 7) is 5.38. The fraction of sp³-hybridized carbons (Fsp3) is 0.538. The van der Waals surface area contributed by atoms with Crippen LogP contribution in [0.4, 0.5) is 5.69 Å². The van der Waals surface area contributed by atoms with Gasteiger partial charge in [0.1, 0.15) is 0 Å². The van der Waals surface area contributed by atoms with E-state index in [4.69, 9.17) is 0 Å². The Balaban J connectivity index is 1.24. The molecule has 1 aliphatic carbocycles. The van der Waals surface area contributed by atoms with Gasteiger partial charge in [0.25, 0.3) is 0 Å². The second kappa shape index (κ2) is 8.99. The predicted molar refractivity (Wildman–Crippen MR) is 124 cm³/mol. The number of aromatic nitrogens is 1. The first-order chi connectivity index (χ1) is 15.2. The zero-order chi connectivity index (χ0) is 21.2. The molecule has 1 aromatic carbocycles. The largest absolute Gasteiger partial charge is 0.367 e. The third-order valence-corrected chi connectivity index (χ3v) is 7.66. The zero-order valence-electron chi connectivity index (χ0n) is 18.5. The van der Waals surface area contributed by atoms with Crippen molar-refractivity contribution in [2.75, 3.05) is 24.5 Å². The molecule has 31 heavy (non-hydrogen) atoms. The standard InChI is InChI=1S/C26H34N4O/c1-19-12-14-27-16-25(19)29-17-22-10-11-23(18-29)30(22)15-13-24(20-6-3-2-4-7-20)28-26(31)21-8-5-9-21/h2-4,6-7,12,14,16,21-24H,5,8-11,13,15,17-18H2,1H3,(H,28,31). The van der Waals surface area contributed by atoms with E-state index in [2.05, 4.69) is 57.4 Å². The number of anilines is 1. The molecule has 3 unspecified atom stereocenters. The van der Waals surface area contributed by atoms with Gasteiger partial charge in [-0.25, -0.2) is 0 Å². The first-order valence-corrected chi connectivity index (χ1v) is 12.0. The summed E-state index contributed by atoms with van der Waals surface area (Å²) in [6, 6.07) is 13.9. The minimum atomic E-state index is 0.104. The lowest BCUT2D eigenvalue weighted by atomic mass is 9.84. The van der Waals surface area contributed by atoms with Crippen LogP contribution in [0.1, 0.15) is 55.7 Å². The number of hydrogen-bond donors (Lipinski definition) is 1. The number of fused-ring (bicyclic) bond motifs is 2. The van der Waals surface area contributed by atoms with Crippen LogP contribution in [-0.4, -0.2) is 47.5 Å². The van der Waals surface area contributed by atoms with Crippen molar-refractivity contribution in [1.82, 2.24) is 15.2 Å². The van der Waals surface area contributed by atoms with Crippen molar-refractivity contribution in [2.45, 2.75) is 63.6 Å². The fourth-order valence-electron chi connectivity index (χ4n) is 5.58. The van der Waals surface area contributed by atoms with Crippen molar-refractivity contribution in [3.8, 4) is 0 Å². The van der Waals surface area contributed by atoms with E-state index in [1.807, 2.05) is 18.5 Å². The van der Waals surface area contributed by atoms with E-state index in [0.29, 0.717) is 12.1 Å². The maximum absolute atomic E-state index is 12.7. The van der Waals surface area contributed by atoms with E-state index in [1.165, 1.54) is 36.1 Å². The summed E-state index contributed by atoms with van der Waals surface area (Å²) in [5.41, 5.74) is 3.83. The lowest BCUT2D eigenvalue weighted by Crippen LogP contribution is -2.54. The molecule has 5 nitrogen and oxygen atoms in total. The van der Waals surface area contributed by atoms with E-state index >= 15 is 0 Å². The molecule has 5 rings (SSSR count). The number of aryl methyl sites for hydroxylation is 1. The Bertz CT molecular complexity index is 883. The highest BCUT2D eigenvalue weighted by Crippen LogP contribution is 2.34. The summed E-state index contributed by atoms with van der Waals surface area (Å²) in [7, 11) is 0. The Morgan fingerprint density at radius 3 is 2.48 bits per heavy atom. The summed E-state index contributed by atoms with van der Waals surface area (Å²) in [4.78, 5) is 22.3. The first kappa shape index (κ1) is 20.5. The average molecular weight is 419 g/mol. The maximum Gasteiger partial charge on any atom is 0.223 e. The van der Waals surface area contributed by atoms with Gasteiger partial charge in [0.15, 0.2) is 0 Å². The lowest BCUT2D eigenvalue weighted by Gasteiger charge is -2.43. The number of nitrogens with zero attached hydrogens (tertiary/aromatic N) is 3. The third-order valence-electron chi connectivity index (χ3n) is 7.66. The predicted octanol–water partition coefficient (Wildman–Crippen LogP) is 4.09. The number of carbonyl (C=O) groups excluding carboxylic acids is 1. The van der Waals surface area contributed by atoms with Crippen LogP contribution in [0.5, 0.6) is 0 Å². The second-order valence-corrected chi connectivity index (χ2v) is 9.58. The molecule has 3 fully saturated rings. The molecule has 3 aliphatic rings. The number of pyridine rings is 1. The number of nitrogens with one attached hydrogen (secondary N) is 1. The van der Waals surface area contributed by atoms with E-state index in [-0.39, 0.29) is 17.9 Å². The molecule has 2 bridgehead atoms. The molecule has 3 atom stereocenters. The molecule has 2 saturated heterocycles. The molecule has 1 saturated carbocycles. The smallest absolute Gasteiger partial charge is 0.223 e. The Morgan fingerprint density at radius 1 is 1.10 bits per heavy atom. The van der Waals surface area contributed by atoms with Crippen molar-refractivity contribution in [3.63, 3.8) is 0 Å². The van der Waals surface area contributed by atoms with Crippen molar-refractivity contribution in [1.29, 1.82) is 0 Å². The quantitative estimate of drug-likeness (QED) is 0.736. The van der Waals surface area contributed by atoms with Crippen molar-refractivity contribution < 1.29 is 4.79 Å². The van der Waals surface area contributed by atoms with Gasteiger partial charge in [0.2, 0.25) is 5.91 Å². The molecule has 0 spiro atoms. The van der Waals surface area contributed by atoms with Crippen molar-refractivity contribution in [2.24, 2.45) is 5.92 Å². The summed E-state index contributed by atoms with van der Waals surface area (Å²) in [5.74, 6) is 0.480. The number of rotatable bonds is 7. The molecule has 5 heteroatoms. The van der Waals surface area contributed by atoms with E-state index in [9.17, 15) is 4.79 Å². The summed E-state index contributed by atoms with van der Waals surface area (Å²) in [5, 5.41) is 3.38. The Kier molecular flexibility index (Phi) is 5.95. The van der Waals surface area contributed by atoms with Gasteiger partial charge >= 0.3 is 0 Å². The van der Waals surface area contributed by atoms with Crippen LogP contribution in [0.2, 0.25) is 0 Å². The summed E-state index contributed by atoms with van der Waals surface area (Å²) in [6.07, 6.45) is 10.7. The molecule has 2 aliphatic heterocycles. The monoisotopic (exact) mass is 418 g/mol. The molecule has 1 aromatic heterocycles. The van der Waals surface area contributed by atoms with E-state index in [1.54, 1.807) is 0 Å². The molecular weight excluding hydrogens is 384 g/mol. The molecule has 164 valence electrons. The van der Waals surface area contributed by atoms with Crippen LogP contribution in [-0.2, 0) is 4.79 Å². The van der Waals surface area contributed by atoms with E-state index in [0.717, 1.165) is 38.9 Å². The highest BCUT2D eigenvalue weighted by Gasteiger charge is 2.40. The van der Waals surface area contributed by atoms with Crippen LogP contribution in [0.3, 0.4) is 0 Å².